The minimum atomic E-state index is 0.467. The highest BCUT2D eigenvalue weighted by molar-refractivity contribution is 5.31. The monoisotopic (exact) mass is 219 g/mol. The maximum Gasteiger partial charge on any atom is 0.0175 e. The molecule has 0 aromatic rings. The second-order valence-corrected chi connectivity index (χ2v) is 6.80. The van der Waals surface area contributed by atoms with Crippen LogP contribution >= 0.6 is 0 Å². The van der Waals surface area contributed by atoms with Gasteiger partial charge in [0, 0.05) is 24.2 Å². The van der Waals surface area contributed by atoms with Gasteiger partial charge in [0.05, 0.1) is 0 Å². The van der Waals surface area contributed by atoms with E-state index in [1.54, 1.807) is 5.70 Å². The summed E-state index contributed by atoms with van der Waals surface area (Å²) in [6, 6.07) is 0. The molecule has 0 N–H and O–H groups in total. The molecule has 1 nitrogen and oxygen atoms in total. The molecule has 3 rings (SSSR count). The Labute approximate surface area is 99.9 Å². The number of allylic oxidation sites excluding steroid dienone is 2. The largest absolute Gasteiger partial charge is 0.375 e. The van der Waals surface area contributed by atoms with Crippen LogP contribution in [0.5, 0.6) is 0 Å². The Bertz CT molecular complexity index is 322. The van der Waals surface area contributed by atoms with Crippen LogP contribution in [0.25, 0.3) is 0 Å². The van der Waals surface area contributed by atoms with Crippen LogP contribution in [0.15, 0.2) is 11.8 Å². The topological polar surface area (TPSA) is 3.24 Å². The number of nitrogens with zero attached hydrogens (tertiary/aromatic N) is 1. The van der Waals surface area contributed by atoms with Gasteiger partial charge in [-0.1, -0.05) is 26.8 Å². The van der Waals surface area contributed by atoms with Crippen LogP contribution < -0.4 is 0 Å². The van der Waals surface area contributed by atoms with Crippen molar-refractivity contribution in [2.75, 3.05) is 13.1 Å². The number of rotatable bonds is 1. The second kappa shape index (κ2) is 3.27. The van der Waals surface area contributed by atoms with Gasteiger partial charge in [0.1, 0.15) is 0 Å². The summed E-state index contributed by atoms with van der Waals surface area (Å²) in [7, 11) is 0. The van der Waals surface area contributed by atoms with Crippen LogP contribution in [0, 0.1) is 16.7 Å². The van der Waals surface area contributed by atoms with Crippen molar-refractivity contribution in [3.63, 3.8) is 0 Å². The first-order valence-corrected chi connectivity index (χ1v) is 7.03. The number of hydrogen-bond donors (Lipinski definition) is 0. The summed E-state index contributed by atoms with van der Waals surface area (Å²) in [4.78, 5) is 2.70. The molecule has 0 amide bonds. The fraction of sp³-hybridized carbons (Fsp3) is 0.867. The van der Waals surface area contributed by atoms with E-state index in [-0.39, 0.29) is 0 Å². The van der Waals surface area contributed by atoms with Crippen LogP contribution in [0.1, 0.15) is 52.9 Å². The van der Waals surface area contributed by atoms with Crippen molar-refractivity contribution in [3.8, 4) is 0 Å². The zero-order chi connectivity index (χ0) is 11.4. The van der Waals surface area contributed by atoms with E-state index in [2.05, 4.69) is 31.7 Å². The molecule has 0 aromatic heterocycles. The summed E-state index contributed by atoms with van der Waals surface area (Å²) in [5.41, 5.74) is 2.67. The molecule has 2 atom stereocenters. The highest BCUT2D eigenvalue weighted by Crippen LogP contribution is 2.65. The van der Waals surface area contributed by atoms with Gasteiger partial charge in [0.25, 0.3) is 0 Å². The third-order valence-electron chi connectivity index (χ3n) is 5.93. The maximum atomic E-state index is 2.70. The summed E-state index contributed by atoms with van der Waals surface area (Å²) in [5.74, 6) is 0.842. The van der Waals surface area contributed by atoms with Gasteiger partial charge >= 0.3 is 0 Å². The predicted molar refractivity (Wildman–Crippen MR) is 68.1 cm³/mol. The van der Waals surface area contributed by atoms with E-state index < -0.39 is 0 Å². The molecule has 2 bridgehead atoms. The van der Waals surface area contributed by atoms with Crippen LogP contribution in [-0.4, -0.2) is 18.0 Å². The van der Waals surface area contributed by atoms with Gasteiger partial charge in [-0.25, -0.2) is 0 Å². The molecule has 1 heteroatoms. The molecule has 1 saturated heterocycles. The quantitative estimate of drug-likeness (QED) is 0.648. The maximum absolute atomic E-state index is 2.70. The van der Waals surface area contributed by atoms with Gasteiger partial charge in [0.2, 0.25) is 0 Å². The summed E-state index contributed by atoms with van der Waals surface area (Å²) >= 11 is 0. The standard InChI is InChI=1S/C15H25N/c1-14(2)12-7-8-15(14,3)13(11-12)16-9-5-4-6-10-16/h11-12H,4-10H2,1-3H3/t12-,15+/m1/s1. The molecule has 2 aliphatic carbocycles. The van der Waals surface area contributed by atoms with Gasteiger partial charge in [-0.05, 0) is 43.4 Å². The van der Waals surface area contributed by atoms with Crippen LogP contribution in [-0.2, 0) is 0 Å². The predicted octanol–water partition coefficient (Wildman–Crippen LogP) is 3.81. The zero-order valence-electron chi connectivity index (χ0n) is 11.1. The second-order valence-electron chi connectivity index (χ2n) is 6.80. The molecule has 0 unspecified atom stereocenters. The van der Waals surface area contributed by atoms with Crippen molar-refractivity contribution < 1.29 is 0 Å². The van der Waals surface area contributed by atoms with Crippen molar-refractivity contribution in [2.45, 2.75) is 52.9 Å². The van der Waals surface area contributed by atoms with Gasteiger partial charge in [-0.3, -0.25) is 0 Å². The third kappa shape index (κ3) is 1.18. The Kier molecular flexibility index (Phi) is 2.18. The average Bonchev–Trinajstić information content (AvgIpc) is 2.62. The Balaban J connectivity index is 1.90. The Morgan fingerprint density at radius 3 is 2.31 bits per heavy atom. The van der Waals surface area contributed by atoms with Crippen LogP contribution in [0.2, 0.25) is 0 Å². The number of fused-ring (bicyclic) bond motifs is 2. The molecule has 1 heterocycles. The molecule has 1 aliphatic heterocycles. The van der Waals surface area contributed by atoms with Crippen LogP contribution in [0.3, 0.4) is 0 Å². The number of hydrogen-bond acceptors (Lipinski definition) is 1. The first kappa shape index (κ1) is 10.7. The minimum absolute atomic E-state index is 0.467. The van der Waals surface area contributed by atoms with Crippen molar-refractivity contribution in [1.82, 2.24) is 4.90 Å². The molecule has 1 saturated carbocycles. The number of likely N-dealkylation sites (tertiary alicyclic amines) is 1. The van der Waals surface area contributed by atoms with Crippen LogP contribution in [0.4, 0.5) is 0 Å². The molecular weight excluding hydrogens is 194 g/mol. The highest BCUT2D eigenvalue weighted by Gasteiger charge is 2.58. The lowest BCUT2D eigenvalue weighted by Crippen LogP contribution is -2.39. The Hall–Kier alpha value is -0.460. The molecule has 3 aliphatic rings. The first-order valence-electron chi connectivity index (χ1n) is 7.03. The van der Waals surface area contributed by atoms with E-state index in [4.69, 9.17) is 0 Å². The van der Waals surface area contributed by atoms with Gasteiger partial charge in [-0.15, -0.1) is 0 Å². The molecule has 0 radical (unpaired) electrons. The fourth-order valence-electron chi connectivity index (χ4n) is 4.25. The average molecular weight is 219 g/mol. The lowest BCUT2D eigenvalue weighted by atomic mass is 9.69. The van der Waals surface area contributed by atoms with Gasteiger partial charge in [0.15, 0.2) is 0 Å². The Morgan fingerprint density at radius 2 is 1.81 bits per heavy atom. The van der Waals surface area contributed by atoms with Gasteiger partial charge < -0.3 is 4.90 Å². The number of piperidine rings is 1. The minimum Gasteiger partial charge on any atom is -0.375 e. The van der Waals surface area contributed by atoms with E-state index in [1.165, 1.54) is 45.2 Å². The summed E-state index contributed by atoms with van der Waals surface area (Å²) in [6.07, 6.45) is 9.69. The zero-order valence-corrected chi connectivity index (χ0v) is 11.1. The van der Waals surface area contributed by atoms with E-state index in [0.717, 1.165) is 5.92 Å². The lowest BCUT2D eigenvalue weighted by molar-refractivity contribution is 0.124. The highest BCUT2D eigenvalue weighted by atomic mass is 15.2. The van der Waals surface area contributed by atoms with E-state index in [1.807, 2.05) is 0 Å². The molecular formula is C15H25N. The third-order valence-corrected chi connectivity index (χ3v) is 5.93. The van der Waals surface area contributed by atoms with E-state index in [9.17, 15) is 0 Å². The Morgan fingerprint density at radius 1 is 1.12 bits per heavy atom. The fourth-order valence-corrected chi connectivity index (χ4v) is 4.25. The molecule has 16 heavy (non-hydrogen) atoms. The first-order chi connectivity index (χ1) is 7.56. The van der Waals surface area contributed by atoms with Crippen molar-refractivity contribution in [3.05, 3.63) is 11.8 Å². The smallest absolute Gasteiger partial charge is 0.0175 e. The van der Waals surface area contributed by atoms with Crippen molar-refractivity contribution in [1.29, 1.82) is 0 Å². The SMILES string of the molecule is CC1(C)[C@H]2C=C(N3CCCCC3)[C@]1(C)CC2. The summed E-state index contributed by atoms with van der Waals surface area (Å²) < 4.78 is 0. The lowest BCUT2D eigenvalue weighted by Gasteiger charge is -2.43. The molecule has 0 spiro atoms. The van der Waals surface area contributed by atoms with Crippen molar-refractivity contribution >= 4 is 0 Å². The molecule has 0 aromatic carbocycles. The summed E-state index contributed by atoms with van der Waals surface area (Å²) in [5, 5.41) is 0. The van der Waals surface area contributed by atoms with Crippen molar-refractivity contribution in [2.24, 2.45) is 16.7 Å². The van der Waals surface area contributed by atoms with E-state index >= 15 is 0 Å². The van der Waals surface area contributed by atoms with Gasteiger partial charge in [-0.2, -0.15) is 0 Å². The molecule has 2 fully saturated rings. The van der Waals surface area contributed by atoms with E-state index in [0.29, 0.717) is 10.8 Å². The summed E-state index contributed by atoms with van der Waals surface area (Å²) in [6.45, 7) is 10.1. The molecule has 90 valence electrons. The normalized spacial score (nSPS) is 41.3.